The van der Waals surface area contributed by atoms with E-state index >= 15 is 0 Å². The topological polar surface area (TPSA) is 36.4 Å². The van der Waals surface area contributed by atoms with Crippen LogP contribution in [-0.4, -0.2) is 42.5 Å². The second kappa shape index (κ2) is 6.21. The van der Waals surface area contributed by atoms with Gasteiger partial charge in [-0.1, -0.05) is 6.07 Å². The molecule has 2 heterocycles. The van der Waals surface area contributed by atoms with Gasteiger partial charge in [0.2, 0.25) is 0 Å². The second-order valence-electron chi connectivity index (χ2n) is 6.88. The number of nitrogens with zero attached hydrogens (tertiary/aromatic N) is 3. The molecule has 0 saturated heterocycles. The average Bonchev–Trinajstić information content (AvgIpc) is 2.87. The SMILES string of the molecule is CC(CCN1C(=O)c2c3cc(I)ccc3nc3cccc1c23)N(C)C. The monoisotopic (exact) mass is 445 g/mol. The van der Waals surface area contributed by atoms with Crippen molar-refractivity contribution >= 4 is 56.0 Å². The number of carbonyl (C=O) groups excluding carboxylic acids is 1. The van der Waals surface area contributed by atoms with Crippen molar-refractivity contribution < 1.29 is 4.79 Å². The van der Waals surface area contributed by atoms with Crippen molar-refractivity contribution in [2.75, 3.05) is 25.5 Å². The molecule has 0 N–H and O–H groups in total. The second-order valence-corrected chi connectivity index (χ2v) is 8.12. The summed E-state index contributed by atoms with van der Waals surface area (Å²) in [5.74, 6) is 0.103. The van der Waals surface area contributed by atoms with Crippen LogP contribution in [0.3, 0.4) is 0 Å². The van der Waals surface area contributed by atoms with Gasteiger partial charge in [0.25, 0.3) is 5.91 Å². The molecule has 0 aliphatic carbocycles. The highest BCUT2D eigenvalue weighted by Gasteiger charge is 2.32. The number of carbonyl (C=O) groups is 1. The number of aromatic nitrogens is 1. The van der Waals surface area contributed by atoms with Crippen LogP contribution in [0.25, 0.3) is 21.8 Å². The van der Waals surface area contributed by atoms with E-state index in [1.807, 2.05) is 35.2 Å². The van der Waals surface area contributed by atoms with Crippen LogP contribution < -0.4 is 4.90 Å². The van der Waals surface area contributed by atoms with Gasteiger partial charge in [0.05, 0.1) is 22.3 Å². The maximum absolute atomic E-state index is 13.3. The molecule has 1 aromatic heterocycles. The van der Waals surface area contributed by atoms with Crippen LogP contribution in [0.5, 0.6) is 0 Å². The number of fused-ring (bicyclic) bond motifs is 2. The zero-order valence-electron chi connectivity index (χ0n) is 14.6. The third kappa shape index (κ3) is 2.69. The number of halogens is 1. The largest absolute Gasteiger partial charge is 0.308 e. The van der Waals surface area contributed by atoms with E-state index in [0.717, 1.165) is 49.6 Å². The summed E-state index contributed by atoms with van der Waals surface area (Å²) in [6.07, 6.45) is 0.937. The fourth-order valence-corrected chi connectivity index (χ4v) is 3.93. The van der Waals surface area contributed by atoms with E-state index in [-0.39, 0.29) is 5.91 Å². The minimum absolute atomic E-state index is 0.103. The lowest BCUT2D eigenvalue weighted by Gasteiger charge is -2.24. The number of benzene rings is 2. The lowest BCUT2D eigenvalue weighted by atomic mass is 10.0. The fraction of sp³-hybridized carbons (Fsp3) is 0.300. The van der Waals surface area contributed by atoms with Crippen LogP contribution in [0, 0.1) is 3.57 Å². The highest BCUT2D eigenvalue weighted by atomic mass is 127. The number of rotatable bonds is 4. The summed E-state index contributed by atoms with van der Waals surface area (Å²) in [4.78, 5) is 22.2. The van der Waals surface area contributed by atoms with Crippen molar-refractivity contribution in [3.63, 3.8) is 0 Å². The summed E-state index contributed by atoms with van der Waals surface area (Å²) in [6.45, 7) is 2.91. The van der Waals surface area contributed by atoms with Crippen LogP contribution in [0.1, 0.15) is 23.7 Å². The number of pyridine rings is 1. The van der Waals surface area contributed by atoms with E-state index < -0.39 is 0 Å². The van der Waals surface area contributed by atoms with Gasteiger partial charge in [0.15, 0.2) is 0 Å². The van der Waals surface area contributed by atoms with Crippen molar-refractivity contribution in [1.82, 2.24) is 9.88 Å². The standard InChI is InChI=1S/C20H20IN3O/c1-12(23(2)3)9-10-24-17-6-4-5-16-19(17)18(20(24)25)14-11-13(21)7-8-15(14)22-16/h4-8,11-12H,9-10H2,1-3H3. The molecule has 1 unspecified atom stereocenters. The molecule has 1 aliphatic heterocycles. The van der Waals surface area contributed by atoms with Gasteiger partial charge in [-0.25, -0.2) is 4.98 Å². The van der Waals surface area contributed by atoms with Crippen LogP contribution in [0.2, 0.25) is 0 Å². The van der Waals surface area contributed by atoms with Gasteiger partial charge in [0.1, 0.15) is 0 Å². The van der Waals surface area contributed by atoms with Gasteiger partial charge >= 0.3 is 0 Å². The Morgan fingerprint density at radius 1 is 1.20 bits per heavy atom. The molecule has 3 aromatic rings. The van der Waals surface area contributed by atoms with Gasteiger partial charge in [-0.05, 0) is 80.4 Å². The third-order valence-electron chi connectivity index (χ3n) is 5.14. The third-order valence-corrected chi connectivity index (χ3v) is 5.81. The van der Waals surface area contributed by atoms with Crippen LogP contribution in [0.4, 0.5) is 5.69 Å². The van der Waals surface area contributed by atoms with E-state index in [0.29, 0.717) is 6.04 Å². The first-order valence-corrected chi connectivity index (χ1v) is 9.55. The Morgan fingerprint density at radius 3 is 2.76 bits per heavy atom. The molecule has 1 atom stereocenters. The van der Waals surface area contributed by atoms with E-state index in [2.05, 4.69) is 54.6 Å². The molecule has 2 aromatic carbocycles. The van der Waals surface area contributed by atoms with Gasteiger partial charge in [-0.15, -0.1) is 0 Å². The zero-order valence-corrected chi connectivity index (χ0v) is 16.7. The van der Waals surface area contributed by atoms with E-state index in [9.17, 15) is 4.79 Å². The van der Waals surface area contributed by atoms with E-state index in [4.69, 9.17) is 4.98 Å². The van der Waals surface area contributed by atoms with Crippen molar-refractivity contribution in [3.05, 3.63) is 45.5 Å². The highest BCUT2D eigenvalue weighted by molar-refractivity contribution is 14.1. The number of hydrogen-bond donors (Lipinski definition) is 0. The Morgan fingerprint density at radius 2 is 2.00 bits per heavy atom. The molecule has 0 saturated carbocycles. The van der Waals surface area contributed by atoms with Crippen molar-refractivity contribution in [3.8, 4) is 0 Å². The lowest BCUT2D eigenvalue weighted by Crippen LogP contribution is -2.33. The molecule has 1 aliphatic rings. The Labute approximate surface area is 161 Å². The van der Waals surface area contributed by atoms with Crippen molar-refractivity contribution in [2.24, 2.45) is 0 Å². The summed E-state index contributed by atoms with van der Waals surface area (Å²) < 4.78 is 1.12. The normalized spacial score (nSPS) is 14.9. The smallest absolute Gasteiger partial charge is 0.259 e. The van der Waals surface area contributed by atoms with Crippen LogP contribution >= 0.6 is 22.6 Å². The molecule has 0 spiro atoms. The Balaban J connectivity index is 1.86. The average molecular weight is 445 g/mol. The summed E-state index contributed by atoms with van der Waals surface area (Å²) in [5.41, 5.74) is 3.60. The number of anilines is 1. The minimum Gasteiger partial charge on any atom is -0.308 e. The van der Waals surface area contributed by atoms with Crippen molar-refractivity contribution in [1.29, 1.82) is 0 Å². The van der Waals surface area contributed by atoms with E-state index in [1.54, 1.807) is 0 Å². The molecular weight excluding hydrogens is 425 g/mol. The molecule has 0 radical (unpaired) electrons. The van der Waals surface area contributed by atoms with Gasteiger partial charge in [0, 0.05) is 26.9 Å². The molecule has 4 nitrogen and oxygen atoms in total. The maximum Gasteiger partial charge on any atom is 0.259 e. The van der Waals surface area contributed by atoms with Gasteiger partial charge in [-0.3, -0.25) is 4.79 Å². The highest BCUT2D eigenvalue weighted by Crippen LogP contribution is 2.40. The molecule has 0 fully saturated rings. The predicted octanol–water partition coefficient (Wildman–Crippen LogP) is 4.29. The quantitative estimate of drug-likeness (QED) is 0.444. The van der Waals surface area contributed by atoms with E-state index in [1.165, 1.54) is 0 Å². The first-order chi connectivity index (χ1) is 12.0. The first kappa shape index (κ1) is 16.7. The first-order valence-electron chi connectivity index (χ1n) is 8.47. The molecule has 25 heavy (non-hydrogen) atoms. The Bertz CT molecular complexity index is 999. The van der Waals surface area contributed by atoms with Gasteiger partial charge in [-0.2, -0.15) is 0 Å². The summed E-state index contributed by atoms with van der Waals surface area (Å²) in [7, 11) is 4.15. The number of amides is 1. The zero-order chi connectivity index (χ0) is 17.7. The molecule has 1 amide bonds. The number of hydrogen-bond acceptors (Lipinski definition) is 3. The summed E-state index contributed by atoms with van der Waals surface area (Å²) in [5, 5.41) is 1.96. The lowest BCUT2D eigenvalue weighted by molar-refractivity contribution is 0.0992. The molecule has 5 heteroatoms. The molecule has 0 bridgehead atoms. The predicted molar refractivity (Wildman–Crippen MR) is 111 cm³/mol. The molecule has 128 valence electrons. The fourth-order valence-electron chi connectivity index (χ4n) is 3.44. The maximum atomic E-state index is 13.3. The summed E-state index contributed by atoms with van der Waals surface area (Å²) >= 11 is 2.29. The van der Waals surface area contributed by atoms with Crippen LogP contribution in [-0.2, 0) is 0 Å². The molecular formula is C20H20IN3O. The molecule has 4 rings (SSSR count). The van der Waals surface area contributed by atoms with Gasteiger partial charge < -0.3 is 9.80 Å². The Hall–Kier alpha value is -1.73. The summed E-state index contributed by atoms with van der Waals surface area (Å²) in [6, 6.07) is 12.6. The van der Waals surface area contributed by atoms with Crippen LogP contribution in [0.15, 0.2) is 36.4 Å². The minimum atomic E-state index is 0.103. The Kier molecular flexibility index (Phi) is 4.16. The van der Waals surface area contributed by atoms with Crippen molar-refractivity contribution in [2.45, 2.75) is 19.4 Å².